The predicted octanol–water partition coefficient (Wildman–Crippen LogP) is 3.26. The Bertz CT molecular complexity index is 424. The van der Waals surface area contributed by atoms with E-state index in [1.54, 1.807) is 24.3 Å². The van der Waals surface area contributed by atoms with Gasteiger partial charge in [-0.1, -0.05) is 11.3 Å². The second-order valence-corrected chi connectivity index (χ2v) is 3.79. The van der Waals surface area contributed by atoms with E-state index >= 15 is 0 Å². The second-order valence-electron chi connectivity index (χ2n) is 2.71. The first-order chi connectivity index (χ1) is 6.74. The van der Waals surface area contributed by atoms with E-state index in [1.165, 1.54) is 23.5 Å². The summed E-state index contributed by atoms with van der Waals surface area (Å²) in [6.45, 7) is 0. The highest BCUT2D eigenvalue weighted by Crippen LogP contribution is 2.30. The summed E-state index contributed by atoms with van der Waals surface area (Å²) in [5, 5.41) is 1.40. The Morgan fingerprint density at radius 1 is 1.07 bits per heavy atom. The van der Waals surface area contributed by atoms with Crippen molar-refractivity contribution in [1.82, 2.24) is 0 Å². The zero-order valence-electron chi connectivity index (χ0n) is 7.24. The first-order valence-corrected chi connectivity index (χ1v) is 4.84. The van der Waals surface area contributed by atoms with Gasteiger partial charge in [-0.3, -0.25) is 0 Å². The van der Waals surface area contributed by atoms with Crippen molar-refractivity contribution >= 4 is 16.3 Å². The summed E-state index contributed by atoms with van der Waals surface area (Å²) in [6.07, 6.45) is 0. The standard InChI is InChI=1S/C10H8FNOS/c11-7-1-3-8(4-2-7)13-10-6-5-9(12)14-10/h1-6H,12H2. The van der Waals surface area contributed by atoms with Crippen LogP contribution in [0.3, 0.4) is 0 Å². The molecular weight excluding hydrogens is 201 g/mol. The van der Waals surface area contributed by atoms with Crippen molar-refractivity contribution < 1.29 is 9.13 Å². The SMILES string of the molecule is Nc1ccc(Oc2ccc(F)cc2)s1. The monoisotopic (exact) mass is 209 g/mol. The largest absolute Gasteiger partial charge is 0.447 e. The molecule has 1 aromatic heterocycles. The van der Waals surface area contributed by atoms with Crippen LogP contribution in [0, 0.1) is 5.82 Å². The van der Waals surface area contributed by atoms with Crippen molar-refractivity contribution in [2.45, 2.75) is 0 Å². The Kier molecular flexibility index (Phi) is 2.37. The van der Waals surface area contributed by atoms with Crippen LogP contribution in [0.25, 0.3) is 0 Å². The third-order valence-corrected chi connectivity index (χ3v) is 2.43. The molecule has 0 saturated heterocycles. The molecule has 2 aromatic rings. The number of nitrogens with two attached hydrogens (primary N) is 1. The fourth-order valence-corrected chi connectivity index (χ4v) is 1.65. The van der Waals surface area contributed by atoms with Crippen LogP contribution in [-0.4, -0.2) is 0 Å². The minimum Gasteiger partial charge on any atom is -0.447 e. The number of halogens is 1. The average Bonchev–Trinajstić information content (AvgIpc) is 2.56. The third-order valence-electron chi connectivity index (χ3n) is 1.63. The molecule has 0 bridgehead atoms. The van der Waals surface area contributed by atoms with E-state index < -0.39 is 0 Å². The average molecular weight is 209 g/mol. The number of hydrogen-bond donors (Lipinski definition) is 1. The molecule has 1 aromatic carbocycles. The van der Waals surface area contributed by atoms with Crippen molar-refractivity contribution in [3.63, 3.8) is 0 Å². The first-order valence-electron chi connectivity index (χ1n) is 4.03. The molecule has 2 rings (SSSR count). The Hall–Kier alpha value is -1.55. The lowest BCUT2D eigenvalue weighted by Gasteiger charge is -2.01. The molecular formula is C10H8FNOS. The molecule has 0 aliphatic heterocycles. The molecule has 0 amide bonds. The summed E-state index contributed by atoms with van der Waals surface area (Å²) in [7, 11) is 0. The van der Waals surface area contributed by atoms with Gasteiger partial charge in [-0.25, -0.2) is 4.39 Å². The maximum atomic E-state index is 12.6. The molecule has 0 radical (unpaired) electrons. The molecule has 0 saturated carbocycles. The molecule has 0 spiro atoms. The number of ether oxygens (including phenoxy) is 1. The summed E-state index contributed by atoms with van der Waals surface area (Å²) < 4.78 is 18.0. The second kappa shape index (κ2) is 3.67. The van der Waals surface area contributed by atoms with Crippen molar-refractivity contribution in [3.05, 3.63) is 42.2 Å². The van der Waals surface area contributed by atoms with Crippen LogP contribution in [-0.2, 0) is 0 Å². The smallest absolute Gasteiger partial charge is 0.182 e. The van der Waals surface area contributed by atoms with E-state index in [2.05, 4.69) is 0 Å². The van der Waals surface area contributed by atoms with Crippen molar-refractivity contribution in [3.8, 4) is 10.8 Å². The number of benzene rings is 1. The predicted molar refractivity (Wildman–Crippen MR) is 55.2 cm³/mol. The van der Waals surface area contributed by atoms with Crippen LogP contribution in [0.15, 0.2) is 36.4 Å². The molecule has 2 N–H and O–H groups in total. The normalized spacial score (nSPS) is 10.1. The molecule has 0 aliphatic rings. The van der Waals surface area contributed by atoms with E-state index in [0.29, 0.717) is 15.8 Å². The molecule has 0 fully saturated rings. The Morgan fingerprint density at radius 3 is 2.36 bits per heavy atom. The molecule has 0 atom stereocenters. The van der Waals surface area contributed by atoms with Gasteiger partial charge in [0.25, 0.3) is 0 Å². The highest BCUT2D eigenvalue weighted by molar-refractivity contribution is 7.17. The topological polar surface area (TPSA) is 35.2 Å². The molecule has 0 unspecified atom stereocenters. The van der Waals surface area contributed by atoms with E-state index in [4.69, 9.17) is 10.5 Å². The third kappa shape index (κ3) is 2.03. The van der Waals surface area contributed by atoms with Crippen molar-refractivity contribution in [2.75, 3.05) is 5.73 Å². The Labute approximate surface area is 84.7 Å². The van der Waals surface area contributed by atoms with E-state index in [0.717, 1.165) is 0 Å². The number of nitrogen functional groups attached to an aromatic ring is 1. The molecule has 14 heavy (non-hydrogen) atoms. The van der Waals surface area contributed by atoms with Crippen LogP contribution in [0.4, 0.5) is 9.39 Å². The number of anilines is 1. The Morgan fingerprint density at radius 2 is 1.79 bits per heavy atom. The van der Waals surface area contributed by atoms with Crippen molar-refractivity contribution in [2.24, 2.45) is 0 Å². The fourth-order valence-electron chi connectivity index (χ4n) is 1.01. The summed E-state index contributed by atoms with van der Waals surface area (Å²) in [6, 6.07) is 9.40. The van der Waals surface area contributed by atoms with Gasteiger partial charge in [0, 0.05) is 0 Å². The van der Waals surface area contributed by atoms with Gasteiger partial charge in [0.05, 0.1) is 5.00 Å². The van der Waals surface area contributed by atoms with Crippen LogP contribution < -0.4 is 10.5 Å². The molecule has 4 heteroatoms. The van der Waals surface area contributed by atoms with Crippen LogP contribution in [0.1, 0.15) is 0 Å². The molecule has 2 nitrogen and oxygen atoms in total. The number of thiophene rings is 1. The van der Waals surface area contributed by atoms with E-state index in [9.17, 15) is 4.39 Å². The highest BCUT2D eigenvalue weighted by Gasteiger charge is 1.99. The van der Waals surface area contributed by atoms with Crippen LogP contribution in [0.2, 0.25) is 0 Å². The summed E-state index contributed by atoms with van der Waals surface area (Å²) in [5.74, 6) is 0.330. The van der Waals surface area contributed by atoms with Crippen molar-refractivity contribution in [1.29, 1.82) is 0 Å². The maximum absolute atomic E-state index is 12.6. The van der Waals surface area contributed by atoms with Gasteiger partial charge in [0.2, 0.25) is 0 Å². The number of rotatable bonds is 2. The van der Waals surface area contributed by atoms with Gasteiger partial charge in [-0.05, 0) is 36.4 Å². The Balaban J connectivity index is 2.15. The van der Waals surface area contributed by atoms with E-state index in [1.807, 2.05) is 0 Å². The minimum atomic E-state index is -0.275. The van der Waals surface area contributed by atoms with Crippen LogP contribution >= 0.6 is 11.3 Å². The quantitative estimate of drug-likeness (QED) is 0.823. The summed E-state index contributed by atoms with van der Waals surface area (Å²) in [5.41, 5.74) is 5.53. The van der Waals surface area contributed by atoms with Gasteiger partial charge < -0.3 is 10.5 Å². The summed E-state index contributed by atoms with van der Waals surface area (Å²) >= 11 is 1.35. The lowest BCUT2D eigenvalue weighted by molar-refractivity contribution is 0.494. The van der Waals surface area contributed by atoms with Gasteiger partial charge in [-0.15, -0.1) is 0 Å². The summed E-state index contributed by atoms with van der Waals surface area (Å²) in [4.78, 5) is 0. The maximum Gasteiger partial charge on any atom is 0.182 e. The first kappa shape index (κ1) is 9.02. The lowest BCUT2D eigenvalue weighted by atomic mass is 10.3. The molecule has 0 aliphatic carbocycles. The molecule has 72 valence electrons. The van der Waals surface area contributed by atoms with Crippen LogP contribution in [0.5, 0.6) is 10.8 Å². The van der Waals surface area contributed by atoms with E-state index in [-0.39, 0.29) is 5.82 Å². The number of hydrogen-bond acceptors (Lipinski definition) is 3. The minimum absolute atomic E-state index is 0.275. The lowest BCUT2D eigenvalue weighted by Crippen LogP contribution is -1.80. The highest BCUT2D eigenvalue weighted by atomic mass is 32.1. The zero-order chi connectivity index (χ0) is 9.97. The fraction of sp³-hybridized carbons (Fsp3) is 0. The molecule has 1 heterocycles. The van der Waals surface area contributed by atoms with Gasteiger partial charge in [0.15, 0.2) is 5.06 Å². The van der Waals surface area contributed by atoms with Gasteiger partial charge in [-0.2, -0.15) is 0 Å². The van der Waals surface area contributed by atoms with Gasteiger partial charge >= 0.3 is 0 Å². The van der Waals surface area contributed by atoms with Gasteiger partial charge in [0.1, 0.15) is 11.6 Å². The zero-order valence-corrected chi connectivity index (χ0v) is 8.05.